The lowest BCUT2D eigenvalue weighted by molar-refractivity contribution is -0.122. The SMILES string of the molecule is CCCC(C)C([C]=O)C(=O)CCC(C)CC. The van der Waals surface area contributed by atoms with Gasteiger partial charge in [-0.1, -0.05) is 40.5 Å². The lowest BCUT2D eigenvalue weighted by Crippen LogP contribution is -2.23. The molecule has 0 bridgehead atoms. The van der Waals surface area contributed by atoms with Crippen molar-refractivity contribution >= 4 is 12.1 Å². The number of ketones is 1. The molecule has 0 aromatic rings. The molecule has 16 heavy (non-hydrogen) atoms. The summed E-state index contributed by atoms with van der Waals surface area (Å²) < 4.78 is 0. The molecule has 2 heteroatoms. The van der Waals surface area contributed by atoms with Gasteiger partial charge in [0.25, 0.3) is 0 Å². The molecule has 0 aliphatic rings. The van der Waals surface area contributed by atoms with E-state index in [1.807, 2.05) is 13.2 Å². The first-order valence-corrected chi connectivity index (χ1v) is 6.47. The average molecular weight is 225 g/mol. The fraction of sp³-hybridized carbons (Fsp3) is 0.857. The van der Waals surface area contributed by atoms with Crippen LogP contribution in [0.25, 0.3) is 0 Å². The van der Waals surface area contributed by atoms with Crippen molar-refractivity contribution in [2.75, 3.05) is 0 Å². The third kappa shape index (κ3) is 5.43. The maximum absolute atomic E-state index is 11.8. The Labute approximate surface area is 99.8 Å². The van der Waals surface area contributed by atoms with E-state index in [1.165, 1.54) is 0 Å². The highest BCUT2D eigenvalue weighted by molar-refractivity contribution is 5.93. The van der Waals surface area contributed by atoms with Crippen molar-refractivity contribution in [2.24, 2.45) is 17.8 Å². The topological polar surface area (TPSA) is 34.1 Å². The minimum atomic E-state index is -0.496. The second-order valence-electron chi connectivity index (χ2n) is 4.88. The highest BCUT2D eigenvalue weighted by Crippen LogP contribution is 2.20. The van der Waals surface area contributed by atoms with Gasteiger partial charge >= 0.3 is 0 Å². The van der Waals surface area contributed by atoms with E-state index in [1.54, 1.807) is 0 Å². The van der Waals surface area contributed by atoms with Crippen molar-refractivity contribution < 1.29 is 9.59 Å². The summed E-state index contributed by atoms with van der Waals surface area (Å²) in [7, 11) is 0. The van der Waals surface area contributed by atoms with Crippen molar-refractivity contribution in [1.82, 2.24) is 0 Å². The van der Waals surface area contributed by atoms with E-state index in [9.17, 15) is 9.59 Å². The smallest absolute Gasteiger partial charge is 0.209 e. The maximum Gasteiger partial charge on any atom is 0.209 e. The molecule has 3 atom stereocenters. The zero-order valence-electron chi connectivity index (χ0n) is 11.1. The number of hydrogen-bond donors (Lipinski definition) is 0. The van der Waals surface area contributed by atoms with Crippen LogP contribution in [0.2, 0.25) is 0 Å². The average Bonchev–Trinajstić information content (AvgIpc) is 2.27. The van der Waals surface area contributed by atoms with Crippen molar-refractivity contribution in [2.45, 2.75) is 59.8 Å². The number of hydrogen-bond acceptors (Lipinski definition) is 2. The van der Waals surface area contributed by atoms with E-state index in [-0.39, 0.29) is 11.7 Å². The van der Waals surface area contributed by atoms with E-state index in [4.69, 9.17) is 0 Å². The Balaban J connectivity index is 4.15. The lowest BCUT2D eigenvalue weighted by atomic mass is 9.85. The van der Waals surface area contributed by atoms with Gasteiger partial charge in [-0.25, -0.2) is 0 Å². The van der Waals surface area contributed by atoms with Crippen LogP contribution < -0.4 is 0 Å². The van der Waals surface area contributed by atoms with Crippen LogP contribution in [0.4, 0.5) is 0 Å². The molecule has 0 saturated heterocycles. The Kier molecular flexibility index (Phi) is 8.14. The van der Waals surface area contributed by atoms with Crippen molar-refractivity contribution in [3.05, 3.63) is 0 Å². The molecule has 3 unspecified atom stereocenters. The van der Waals surface area contributed by atoms with Gasteiger partial charge in [0.1, 0.15) is 5.78 Å². The molecule has 0 aliphatic carbocycles. The number of rotatable bonds is 9. The van der Waals surface area contributed by atoms with Gasteiger partial charge in [-0.05, 0) is 24.7 Å². The standard InChI is InChI=1S/C14H25O2/c1-5-7-12(4)13(10-15)14(16)9-8-11(3)6-2/h11-13H,5-9H2,1-4H3. The summed E-state index contributed by atoms with van der Waals surface area (Å²) in [6.07, 6.45) is 6.38. The molecule has 93 valence electrons. The molecule has 1 radical (unpaired) electrons. The fourth-order valence-corrected chi connectivity index (χ4v) is 1.87. The maximum atomic E-state index is 11.8. The Bertz CT molecular complexity index is 211. The summed E-state index contributed by atoms with van der Waals surface area (Å²) in [5, 5.41) is 0. The number of carbonyl (C=O) groups excluding carboxylic acids is 2. The van der Waals surface area contributed by atoms with Crippen LogP contribution in [0, 0.1) is 17.8 Å². The predicted octanol–water partition coefficient (Wildman–Crippen LogP) is 3.54. The lowest BCUT2D eigenvalue weighted by Gasteiger charge is -2.17. The summed E-state index contributed by atoms with van der Waals surface area (Å²) >= 11 is 0. The van der Waals surface area contributed by atoms with E-state index < -0.39 is 5.92 Å². The highest BCUT2D eigenvalue weighted by Gasteiger charge is 2.24. The molecule has 2 nitrogen and oxygen atoms in total. The molecule has 0 fully saturated rings. The molecule has 0 aliphatic heterocycles. The molecular weight excluding hydrogens is 200 g/mol. The quantitative estimate of drug-likeness (QED) is 0.562. The summed E-state index contributed by atoms with van der Waals surface area (Å²) in [6, 6.07) is 0. The zero-order valence-corrected chi connectivity index (χ0v) is 11.1. The summed E-state index contributed by atoms with van der Waals surface area (Å²) in [6.45, 7) is 8.31. The van der Waals surface area contributed by atoms with Crippen LogP contribution in [0.3, 0.4) is 0 Å². The van der Waals surface area contributed by atoms with Gasteiger partial charge in [0.15, 0.2) is 0 Å². The first kappa shape index (κ1) is 15.3. The molecular formula is C14H25O2. The Morgan fingerprint density at radius 3 is 2.25 bits per heavy atom. The minimum absolute atomic E-state index is 0.0799. The molecule has 0 amide bonds. The third-order valence-corrected chi connectivity index (χ3v) is 3.37. The van der Waals surface area contributed by atoms with Crippen LogP contribution in [0.5, 0.6) is 0 Å². The fourth-order valence-electron chi connectivity index (χ4n) is 1.87. The summed E-state index contributed by atoms with van der Waals surface area (Å²) in [5.41, 5.74) is 0. The van der Waals surface area contributed by atoms with E-state index in [2.05, 4.69) is 20.8 Å². The van der Waals surface area contributed by atoms with Crippen LogP contribution in [0.15, 0.2) is 0 Å². The van der Waals surface area contributed by atoms with Gasteiger partial charge in [-0.15, -0.1) is 0 Å². The molecule has 0 rings (SSSR count). The normalized spacial score (nSPS) is 16.5. The zero-order chi connectivity index (χ0) is 12.6. The van der Waals surface area contributed by atoms with Gasteiger partial charge < -0.3 is 0 Å². The molecule has 0 heterocycles. The second kappa shape index (κ2) is 8.49. The van der Waals surface area contributed by atoms with Gasteiger partial charge in [0.05, 0.1) is 5.92 Å². The van der Waals surface area contributed by atoms with Gasteiger partial charge in [-0.2, -0.15) is 0 Å². The molecule has 0 aromatic heterocycles. The molecule has 0 saturated carbocycles. The number of Topliss-reactive ketones (excluding diaryl/α,β-unsaturated/α-hetero) is 1. The van der Waals surface area contributed by atoms with Crippen LogP contribution in [0.1, 0.15) is 59.8 Å². The van der Waals surface area contributed by atoms with Crippen molar-refractivity contribution in [3.63, 3.8) is 0 Å². The van der Waals surface area contributed by atoms with Crippen LogP contribution in [-0.4, -0.2) is 12.1 Å². The van der Waals surface area contributed by atoms with Crippen molar-refractivity contribution in [3.8, 4) is 0 Å². The van der Waals surface area contributed by atoms with Gasteiger partial charge in [-0.3, -0.25) is 9.59 Å². The first-order valence-electron chi connectivity index (χ1n) is 6.47. The van der Waals surface area contributed by atoms with E-state index in [0.29, 0.717) is 12.3 Å². The monoisotopic (exact) mass is 225 g/mol. The Hall–Kier alpha value is -0.660. The number of carbonyl (C=O) groups is 1. The van der Waals surface area contributed by atoms with Crippen LogP contribution >= 0.6 is 0 Å². The second-order valence-corrected chi connectivity index (χ2v) is 4.88. The summed E-state index contributed by atoms with van der Waals surface area (Å²) in [4.78, 5) is 22.7. The summed E-state index contributed by atoms with van der Waals surface area (Å²) in [5.74, 6) is 0.296. The van der Waals surface area contributed by atoms with Gasteiger partial charge in [0.2, 0.25) is 6.29 Å². The van der Waals surface area contributed by atoms with E-state index >= 15 is 0 Å². The molecule has 0 N–H and O–H groups in total. The third-order valence-electron chi connectivity index (χ3n) is 3.37. The predicted molar refractivity (Wildman–Crippen MR) is 67.0 cm³/mol. The largest absolute Gasteiger partial charge is 0.299 e. The van der Waals surface area contributed by atoms with Crippen LogP contribution in [-0.2, 0) is 9.59 Å². The minimum Gasteiger partial charge on any atom is -0.299 e. The van der Waals surface area contributed by atoms with Gasteiger partial charge in [0, 0.05) is 6.42 Å². The van der Waals surface area contributed by atoms with E-state index in [0.717, 1.165) is 25.7 Å². The highest BCUT2D eigenvalue weighted by atomic mass is 16.1. The Morgan fingerprint density at radius 2 is 1.81 bits per heavy atom. The van der Waals surface area contributed by atoms with Crippen molar-refractivity contribution in [1.29, 1.82) is 0 Å². The molecule has 0 aromatic carbocycles. The first-order chi connectivity index (χ1) is 7.56. The molecule has 0 spiro atoms. The Morgan fingerprint density at radius 1 is 1.19 bits per heavy atom.